The number of hydrogen-bond donors (Lipinski definition) is 1. The van der Waals surface area contributed by atoms with E-state index in [2.05, 4.69) is 0 Å². The van der Waals surface area contributed by atoms with Gasteiger partial charge in [0.05, 0.1) is 11.6 Å². The molecule has 154 valence electrons. The fraction of sp³-hybridized carbons (Fsp3) is 0.238. The molecule has 2 N–H and O–H groups in total. The molecule has 0 saturated carbocycles. The van der Waals surface area contributed by atoms with Gasteiger partial charge in [-0.25, -0.2) is 9.18 Å². The summed E-state index contributed by atoms with van der Waals surface area (Å²) < 4.78 is 29.0. The highest BCUT2D eigenvalue weighted by atomic mass is 35.5. The molecule has 2 aromatic carbocycles. The van der Waals surface area contributed by atoms with Gasteiger partial charge in [0.25, 0.3) is 5.91 Å². The first-order valence-electron chi connectivity index (χ1n) is 8.87. The number of ether oxygens (including phenoxy) is 2. The van der Waals surface area contributed by atoms with Crippen molar-refractivity contribution in [1.29, 1.82) is 0 Å². The fourth-order valence-electron chi connectivity index (χ4n) is 2.64. The van der Waals surface area contributed by atoms with E-state index < -0.39 is 23.5 Å². The molecular formula is C21H21ClFNO5. The molecule has 1 atom stereocenters. The van der Waals surface area contributed by atoms with Gasteiger partial charge in [-0.05, 0) is 30.3 Å². The Hall–Kier alpha value is -2.90. The van der Waals surface area contributed by atoms with Crippen molar-refractivity contribution in [3.05, 3.63) is 63.7 Å². The highest BCUT2D eigenvalue weighted by molar-refractivity contribution is 6.33. The van der Waals surface area contributed by atoms with Gasteiger partial charge < -0.3 is 19.6 Å². The van der Waals surface area contributed by atoms with Gasteiger partial charge in [-0.2, -0.15) is 0 Å². The number of carbonyl (C=O) groups is 1. The maximum atomic E-state index is 13.3. The predicted octanol–water partition coefficient (Wildman–Crippen LogP) is 4.16. The van der Waals surface area contributed by atoms with Crippen molar-refractivity contribution in [1.82, 2.24) is 0 Å². The standard InChI is InChI=1S/C19H15ClFNO5.C2H6/c1-25-9-17(19(22)24)26-11-3-5-13-14(8-18(23)27-16(13)7-11)12-4-2-10(21)6-15(12)20;1-2/h2-8,17H,9H2,1H3,(H2,22,24);1-2H3. The van der Waals surface area contributed by atoms with Gasteiger partial charge >= 0.3 is 5.63 Å². The second-order valence-electron chi connectivity index (χ2n) is 5.73. The van der Waals surface area contributed by atoms with Gasteiger partial charge in [0, 0.05) is 35.8 Å². The van der Waals surface area contributed by atoms with Crippen LogP contribution in [-0.2, 0) is 9.53 Å². The summed E-state index contributed by atoms with van der Waals surface area (Å²) in [7, 11) is 1.41. The maximum absolute atomic E-state index is 13.3. The lowest BCUT2D eigenvalue weighted by Crippen LogP contribution is -2.37. The molecule has 1 heterocycles. The zero-order valence-electron chi connectivity index (χ0n) is 16.2. The number of rotatable bonds is 6. The lowest BCUT2D eigenvalue weighted by Gasteiger charge is -2.15. The van der Waals surface area contributed by atoms with Gasteiger partial charge in [-0.1, -0.05) is 25.4 Å². The highest BCUT2D eigenvalue weighted by Gasteiger charge is 2.18. The van der Waals surface area contributed by atoms with Gasteiger partial charge in [0.1, 0.15) is 17.1 Å². The highest BCUT2D eigenvalue weighted by Crippen LogP contribution is 2.34. The molecule has 1 aromatic heterocycles. The van der Waals surface area contributed by atoms with Crippen LogP contribution in [0, 0.1) is 5.82 Å². The van der Waals surface area contributed by atoms with E-state index in [4.69, 9.17) is 31.2 Å². The van der Waals surface area contributed by atoms with Gasteiger partial charge in [0.2, 0.25) is 0 Å². The van der Waals surface area contributed by atoms with Crippen LogP contribution in [0.15, 0.2) is 51.7 Å². The van der Waals surface area contributed by atoms with Crippen LogP contribution in [0.1, 0.15) is 13.8 Å². The Balaban J connectivity index is 0.00000145. The van der Waals surface area contributed by atoms with Gasteiger partial charge in [-0.3, -0.25) is 4.79 Å². The number of benzene rings is 2. The van der Waals surface area contributed by atoms with Crippen molar-refractivity contribution in [3.63, 3.8) is 0 Å². The molecule has 0 spiro atoms. The summed E-state index contributed by atoms with van der Waals surface area (Å²) in [5.41, 5.74) is 5.85. The topological polar surface area (TPSA) is 91.8 Å². The number of nitrogens with two attached hydrogens (primary N) is 1. The third-order valence-electron chi connectivity index (χ3n) is 3.85. The molecule has 1 amide bonds. The Morgan fingerprint density at radius 2 is 1.90 bits per heavy atom. The van der Waals surface area contributed by atoms with Crippen LogP contribution in [-0.4, -0.2) is 25.7 Å². The summed E-state index contributed by atoms with van der Waals surface area (Å²) in [5.74, 6) is -0.901. The van der Waals surface area contributed by atoms with Crippen molar-refractivity contribution in [3.8, 4) is 16.9 Å². The van der Waals surface area contributed by atoms with Crippen LogP contribution in [0.4, 0.5) is 4.39 Å². The Kier molecular flexibility index (Phi) is 7.75. The molecule has 0 fully saturated rings. The monoisotopic (exact) mass is 421 g/mol. The first kappa shape index (κ1) is 22.4. The van der Waals surface area contributed by atoms with Gasteiger partial charge in [0.15, 0.2) is 6.10 Å². The van der Waals surface area contributed by atoms with E-state index in [0.717, 1.165) is 6.07 Å². The fourth-order valence-corrected chi connectivity index (χ4v) is 2.91. The maximum Gasteiger partial charge on any atom is 0.336 e. The molecule has 0 aliphatic carbocycles. The zero-order chi connectivity index (χ0) is 21.6. The molecule has 0 aliphatic heterocycles. The minimum absolute atomic E-state index is 0.0253. The zero-order valence-corrected chi connectivity index (χ0v) is 17.0. The molecule has 1 unspecified atom stereocenters. The van der Waals surface area contributed by atoms with Crippen LogP contribution < -0.4 is 16.1 Å². The van der Waals surface area contributed by atoms with Crippen LogP contribution in [0.2, 0.25) is 5.02 Å². The van der Waals surface area contributed by atoms with Crippen LogP contribution in [0.5, 0.6) is 5.75 Å². The molecule has 29 heavy (non-hydrogen) atoms. The van der Waals surface area contributed by atoms with Crippen LogP contribution in [0.25, 0.3) is 22.1 Å². The third-order valence-corrected chi connectivity index (χ3v) is 4.16. The average molecular weight is 422 g/mol. The van der Waals surface area contributed by atoms with E-state index in [9.17, 15) is 14.0 Å². The molecule has 0 aliphatic rings. The van der Waals surface area contributed by atoms with Crippen molar-refractivity contribution < 1.29 is 23.1 Å². The molecule has 6 nitrogen and oxygen atoms in total. The van der Waals surface area contributed by atoms with Crippen molar-refractivity contribution in [2.75, 3.05) is 13.7 Å². The molecular weight excluding hydrogens is 401 g/mol. The van der Waals surface area contributed by atoms with Crippen LogP contribution in [0.3, 0.4) is 0 Å². The number of methoxy groups -OCH3 is 1. The van der Waals surface area contributed by atoms with E-state index in [0.29, 0.717) is 16.5 Å². The number of hydrogen-bond acceptors (Lipinski definition) is 5. The normalized spacial score (nSPS) is 11.5. The summed E-state index contributed by atoms with van der Waals surface area (Å²) in [6.45, 7) is 3.97. The van der Waals surface area contributed by atoms with E-state index in [1.807, 2.05) is 13.8 Å². The Labute approximate surface area is 172 Å². The van der Waals surface area contributed by atoms with Crippen molar-refractivity contribution >= 4 is 28.5 Å². The number of primary amides is 1. The molecule has 3 rings (SSSR count). The van der Waals surface area contributed by atoms with E-state index in [1.165, 1.54) is 31.4 Å². The largest absolute Gasteiger partial charge is 0.478 e. The van der Waals surface area contributed by atoms with Crippen LogP contribution >= 0.6 is 11.6 Å². The lowest BCUT2D eigenvalue weighted by atomic mass is 10.0. The first-order chi connectivity index (χ1) is 13.9. The molecule has 0 radical (unpaired) electrons. The van der Waals surface area contributed by atoms with Gasteiger partial charge in [-0.15, -0.1) is 0 Å². The lowest BCUT2D eigenvalue weighted by molar-refractivity contribution is -0.126. The summed E-state index contributed by atoms with van der Waals surface area (Å²) in [6, 6.07) is 9.88. The van der Waals surface area contributed by atoms with E-state index in [1.54, 1.807) is 12.1 Å². The van der Waals surface area contributed by atoms with Crippen molar-refractivity contribution in [2.45, 2.75) is 20.0 Å². The first-order valence-corrected chi connectivity index (χ1v) is 9.25. The summed E-state index contributed by atoms with van der Waals surface area (Å²) >= 11 is 6.12. The Bertz CT molecular complexity index is 1070. The quantitative estimate of drug-likeness (QED) is 0.603. The summed E-state index contributed by atoms with van der Waals surface area (Å²) in [4.78, 5) is 23.4. The number of fused-ring (bicyclic) bond motifs is 1. The van der Waals surface area contributed by atoms with E-state index >= 15 is 0 Å². The average Bonchev–Trinajstić information content (AvgIpc) is 2.68. The SMILES string of the molecule is CC.COCC(Oc1ccc2c(-c3ccc(F)cc3Cl)cc(=O)oc2c1)C(N)=O. The minimum atomic E-state index is -0.992. The molecule has 3 aromatic rings. The third kappa shape index (κ3) is 5.34. The molecule has 0 saturated heterocycles. The van der Waals surface area contributed by atoms with Crippen molar-refractivity contribution in [2.24, 2.45) is 5.73 Å². The molecule has 8 heteroatoms. The minimum Gasteiger partial charge on any atom is -0.478 e. The Morgan fingerprint density at radius 1 is 1.17 bits per heavy atom. The predicted molar refractivity (Wildman–Crippen MR) is 110 cm³/mol. The van der Waals surface area contributed by atoms with E-state index in [-0.39, 0.29) is 23.0 Å². The molecule has 0 bridgehead atoms. The Morgan fingerprint density at radius 3 is 2.52 bits per heavy atom. The second kappa shape index (κ2) is 10.0. The summed E-state index contributed by atoms with van der Waals surface area (Å²) in [5, 5.41) is 0.730. The number of amides is 1. The number of halogens is 2. The summed E-state index contributed by atoms with van der Waals surface area (Å²) in [6.07, 6.45) is -0.992. The smallest absolute Gasteiger partial charge is 0.336 e. The number of carbonyl (C=O) groups excluding carboxylic acids is 1. The second-order valence-corrected chi connectivity index (χ2v) is 6.13.